The van der Waals surface area contributed by atoms with Gasteiger partial charge >= 0.3 is 5.97 Å². The number of anilines is 1. The number of esters is 1. The highest BCUT2D eigenvalue weighted by Crippen LogP contribution is 2.34. The highest BCUT2D eigenvalue weighted by molar-refractivity contribution is 6.32. The number of methoxy groups -OCH3 is 1. The van der Waals surface area contributed by atoms with Crippen LogP contribution in [0.5, 0.6) is 5.75 Å². The summed E-state index contributed by atoms with van der Waals surface area (Å²) in [5.41, 5.74) is 0.911. The zero-order chi connectivity index (χ0) is 12.4. The molecule has 1 unspecified atom stereocenters. The van der Waals surface area contributed by atoms with Gasteiger partial charge in [0.05, 0.1) is 25.3 Å². The van der Waals surface area contributed by atoms with Gasteiger partial charge < -0.3 is 14.4 Å². The monoisotopic (exact) mass is 255 g/mol. The van der Waals surface area contributed by atoms with Crippen LogP contribution in [0.2, 0.25) is 5.02 Å². The SMILES string of the molecule is CCOC(=O)C1CN1c1ccc(OC)c(Cl)c1. The predicted molar refractivity (Wildman–Crippen MR) is 65.8 cm³/mol. The number of nitrogens with zero attached hydrogens (tertiary/aromatic N) is 1. The number of ether oxygens (including phenoxy) is 2. The normalized spacial score (nSPS) is 17.8. The molecule has 1 aliphatic heterocycles. The molecule has 17 heavy (non-hydrogen) atoms. The summed E-state index contributed by atoms with van der Waals surface area (Å²) in [5, 5.41) is 0.541. The fourth-order valence-corrected chi connectivity index (χ4v) is 1.95. The van der Waals surface area contributed by atoms with E-state index in [1.165, 1.54) is 0 Å². The fourth-order valence-electron chi connectivity index (χ4n) is 1.70. The van der Waals surface area contributed by atoms with E-state index in [1.807, 2.05) is 11.0 Å². The molecule has 5 heteroatoms. The molecule has 0 aliphatic carbocycles. The van der Waals surface area contributed by atoms with Crippen molar-refractivity contribution in [2.24, 2.45) is 0 Å². The lowest BCUT2D eigenvalue weighted by atomic mass is 10.3. The zero-order valence-electron chi connectivity index (χ0n) is 9.77. The summed E-state index contributed by atoms with van der Waals surface area (Å²) in [5.74, 6) is 0.449. The van der Waals surface area contributed by atoms with Crippen molar-refractivity contribution >= 4 is 23.3 Å². The van der Waals surface area contributed by atoms with Crippen molar-refractivity contribution in [2.75, 3.05) is 25.2 Å². The number of carbonyl (C=O) groups excluding carboxylic acids is 1. The summed E-state index contributed by atoms with van der Waals surface area (Å²) in [6.07, 6.45) is 0. The van der Waals surface area contributed by atoms with Gasteiger partial charge in [0.15, 0.2) is 0 Å². The fraction of sp³-hybridized carbons (Fsp3) is 0.417. The molecule has 0 aromatic heterocycles. The molecule has 4 nitrogen and oxygen atoms in total. The Kier molecular flexibility index (Phi) is 3.43. The Balaban J connectivity index is 2.06. The average Bonchev–Trinajstić information content (AvgIpc) is 3.09. The van der Waals surface area contributed by atoms with E-state index in [-0.39, 0.29) is 12.0 Å². The molecule has 0 N–H and O–H groups in total. The Labute approximate surface area is 105 Å². The van der Waals surface area contributed by atoms with Gasteiger partial charge in [-0.1, -0.05) is 11.6 Å². The number of carbonyl (C=O) groups is 1. The predicted octanol–water partition coefficient (Wildman–Crippen LogP) is 2.10. The maximum Gasteiger partial charge on any atom is 0.330 e. The summed E-state index contributed by atoms with van der Waals surface area (Å²) >= 11 is 6.02. The van der Waals surface area contributed by atoms with Crippen molar-refractivity contribution < 1.29 is 14.3 Å². The summed E-state index contributed by atoms with van der Waals surface area (Å²) in [4.78, 5) is 13.4. The molecule has 1 atom stereocenters. The zero-order valence-corrected chi connectivity index (χ0v) is 10.5. The lowest BCUT2D eigenvalue weighted by Gasteiger charge is -2.08. The first-order valence-corrected chi connectivity index (χ1v) is 5.82. The van der Waals surface area contributed by atoms with Crippen molar-refractivity contribution in [3.8, 4) is 5.75 Å². The summed E-state index contributed by atoms with van der Waals surface area (Å²) in [6.45, 7) is 2.89. The van der Waals surface area contributed by atoms with Crippen molar-refractivity contribution in [3.05, 3.63) is 23.2 Å². The first-order chi connectivity index (χ1) is 8.17. The van der Waals surface area contributed by atoms with Gasteiger partial charge in [-0.25, -0.2) is 4.79 Å². The molecule has 0 bridgehead atoms. The first kappa shape index (κ1) is 12.0. The van der Waals surface area contributed by atoms with Gasteiger partial charge in [0.25, 0.3) is 0 Å². The average molecular weight is 256 g/mol. The molecule has 1 saturated heterocycles. The van der Waals surface area contributed by atoms with Gasteiger partial charge in [0.1, 0.15) is 11.8 Å². The Morgan fingerprint density at radius 1 is 1.59 bits per heavy atom. The van der Waals surface area contributed by atoms with Crippen LogP contribution in [0.4, 0.5) is 5.69 Å². The second-order valence-corrected chi connectivity index (χ2v) is 4.15. The van der Waals surface area contributed by atoms with Gasteiger partial charge in [-0.15, -0.1) is 0 Å². The number of benzene rings is 1. The van der Waals surface area contributed by atoms with Crippen molar-refractivity contribution in [1.82, 2.24) is 0 Å². The summed E-state index contributed by atoms with van der Waals surface area (Å²) < 4.78 is 10.0. The molecule has 0 saturated carbocycles. The van der Waals surface area contributed by atoms with Crippen LogP contribution in [0.1, 0.15) is 6.92 Å². The highest BCUT2D eigenvalue weighted by Gasteiger charge is 2.41. The Hall–Kier alpha value is -1.42. The van der Waals surface area contributed by atoms with E-state index < -0.39 is 0 Å². The third kappa shape index (κ3) is 2.47. The van der Waals surface area contributed by atoms with Gasteiger partial charge in [0, 0.05) is 5.69 Å². The van der Waals surface area contributed by atoms with Crippen LogP contribution < -0.4 is 9.64 Å². The first-order valence-electron chi connectivity index (χ1n) is 5.44. The third-order valence-corrected chi connectivity index (χ3v) is 2.93. The second kappa shape index (κ2) is 4.84. The van der Waals surface area contributed by atoms with Crippen LogP contribution in [0.15, 0.2) is 18.2 Å². The largest absolute Gasteiger partial charge is 0.495 e. The van der Waals surface area contributed by atoms with E-state index >= 15 is 0 Å². The van der Waals surface area contributed by atoms with Crippen molar-refractivity contribution in [1.29, 1.82) is 0 Å². The van der Waals surface area contributed by atoms with E-state index in [9.17, 15) is 4.79 Å². The summed E-state index contributed by atoms with van der Waals surface area (Å²) in [7, 11) is 1.57. The van der Waals surface area contributed by atoms with Crippen LogP contribution >= 0.6 is 11.6 Å². The van der Waals surface area contributed by atoms with Gasteiger partial charge in [-0.3, -0.25) is 0 Å². The number of hydrogen-bond donors (Lipinski definition) is 0. The molecule has 0 spiro atoms. The minimum Gasteiger partial charge on any atom is -0.495 e. The molecule has 0 radical (unpaired) electrons. The molecule has 2 rings (SSSR count). The minimum atomic E-state index is -0.181. The van der Waals surface area contributed by atoms with E-state index in [2.05, 4.69) is 0 Å². The molecule has 1 fully saturated rings. The lowest BCUT2D eigenvalue weighted by Crippen LogP contribution is -2.15. The van der Waals surface area contributed by atoms with Crippen molar-refractivity contribution in [2.45, 2.75) is 13.0 Å². The van der Waals surface area contributed by atoms with E-state index in [0.717, 1.165) is 5.69 Å². The van der Waals surface area contributed by atoms with Crippen LogP contribution in [-0.4, -0.2) is 32.3 Å². The Morgan fingerprint density at radius 2 is 2.35 bits per heavy atom. The quantitative estimate of drug-likeness (QED) is 0.610. The third-order valence-electron chi connectivity index (χ3n) is 2.64. The van der Waals surface area contributed by atoms with E-state index in [1.54, 1.807) is 26.2 Å². The highest BCUT2D eigenvalue weighted by atomic mass is 35.5. The van der Waals surface area contributed by atoms with E-state index in [4.69, 9.17) is 21.1 Å². The smallest absolute Gasteiger partial charge is 0.330 e. The topological polar surface area (TPSA) is 38.5 Å². The molecule has 1 aromatic carbocycles. The maximum absolute atomic E-state index is 11.5. The molecule has 0 amide bonds. The Bertz CT molecular complexity index is 436. The molecule has 1 aliphatic rings. The van der Waals surface area contributed by atoms with Crippen LogP contribution in [0.3, 0.4) is 0 Å². The van der Waals surface area contributed by atoms with Crippen LogP contribution in [0, 0.1) is 0 Å². The Morgan fingerprint density at radius 3 is 2.94 bits per heavy atom. The molecular formula is C12H14ClNO3. The van der Waals surface area contributed by atoms with Crippen molar-refractivity contribution in [3.63, 3.8) is 0 Å². The lowest BCUT2D eigenvalue weighted by molar-refractivity contribution is -0.142. The number of hydrogen-bond acceptors (Lipinski definition) is 4. The number of rotatable bonds is 4. The number of halogens is 1. The minimum absolute atomic E-state index is 0.167. The van der Waals surface area contributed by atoms with E-state index in [0.29, 0.717) is 23.9 Å². The van der Waals surface area contributed by atoms with Gasteiger partial charge in [-0.2, -0.15) is 0 Å². The van der Waals surface area contributed by atoms with Gasteiger partial charge in [0.2, 0.25) is 0 Å². The molecule has 1 aromatic rings. The standard InChI is InChI=1S/C12H14ClNO3/c1-3-17-12(15)10-7-14(10)8-4-5-11(16-2)9(13)6-8/h4-6,10H,3,7H2,1-2H3. The maximum atomic E-state index is 11.5. The van der Waals surface area contributed by atoms with Crippen LogP contribution in [0.25, 0.3) is 0 Å². The van der Waals surface area contributed by atoms with Gasteiger partial charge in [-0.05, 0) is 25.1 Å². The second-order valence-electron chi connectivity index (χ2n) is 3.74. The molecule has 1 heterocycles. The van der Waals surface area contributed by atoms with Crippen LogP contribution in [-0.2, 0) is 9.53 Å². The molecular weight excluding hydrogens is 242 g/mol. The summed E-state index contributed by atoms with van der Waals surface area (Å²) in [6, 6.07) is 5.29. The molecule has 92 valence electrons.